The van der Waals surface area contributed by atoms with Crippen LogP contribution < -0.4 is 0 Å². The normalized spacial score (nSPS) is 23.4. The van der Waals surface area contributed by atoms with Crippen LogP contribution >= 0.6 is 0 Å². The number of esters is 2. The molecule has 1 fully saturated rings. The zero-order chi connectivity index (χ0) is 17.9. The number of rotatable bonds is 6. The Labute approximate surface area is 142 Å². The second-order valence-electron chi connectivity index (χ2n) is 6.53. The van der Waals surface area contributed by atoms with Gasteiger partial charge in [0.1, 0.15) is 5.60 Å². The first kappa shape index (κ1) is 18.2. The maximum absolute atomic E-state index is 13.0. The van der Waals surface area contributed by atoms with Crippen LogP contribution in [0.2, 0.25) is 0 Å². The highest BCUT2D eigenvalue weighted by Gasteiger charge is 2.58. The van der Waals surface area contributed by atoms with Crippen LogP contribution in [0.3, 0.4) is 0 Å². The number of ether oxygens (including phenoxy) is 2. The topological polar surface area (TPSA) is 69.7 Å². The summed E-state index contributed by atoms with van der Waals surface area (Å²) in [5.41, 5.74) is -0.332. The molecular weight excluding hydrogens is 308 g/mol. The standard InChI is InChI=1S/C19H24O5/c1-5-13(16(20)12-10-8-7-9-11-12)15-14(17(21)23-6-2)18(22)24-19(15,3)4/h7-11,13-15H,5-6H2,1-4H3/t13-,14-,15+/m1/s1. The number of ketones is 1. The lowest BCUT2D eigenvalue weighted by molar-refractivity contribution is -0.157. The quantitative estimate of drug-likeness (QED) is 0.455. The molecule has 0 N–H and O–H groups in total. The van der Waals surface area contributed by atoms with E-state index in [0.717, 1.165) is 0 Å². The molecule has 0 aliphatic carbocycles. The van der Waals surface area contributed by atoms with Gasteiger partial charge in [-0.05, 0) is 27.2 Å². The predicted octanol–water partition coefficient (Wildman–Crippen LogP) is 3.03. The summed E-state index contributed by atoms with van der Waals surface area (Å²) in [5, 5.41) is 0. The van der Waals surface area contributed by atoms with Crippen molar-refractivity contribution in [3.8, 4) is 0 Å². The van der Waals surface area contributed by atoms with Crippen molar-refractivity contribution in [3.63, 3.8) is 0 Å². The smallest absolute Gasteiger partial charge is 0.321 e. The van der Waals surface area contributed by atoms with Gasteiger partial charge in [0.2, 0.25) is 0 Å². The largest absolute Gasteiger partial charge is 0.465 e. The third-order valence-corrected chi connectivity index (χ3v) is 4.59. The first-order valence-corrected chi connectivity index (χ1v) is 8.32. The first-order chi connectivity index (χ1) is 11.3. The minimum Gasteiger partial charge on any atom is -0.465 e. The average Bonchev–Trinajstić information content (AvgIpc) is 2.78. The van der Waals surface area contributed by atoms with E-state index in [1.807, 2.05) is 13.0 Å². The van der Waals surface area contributed by atoms with Crippen LogP contribution in [0, 0.1) is 17.8 Å². The molecule has 1 aliphatic rings. The molecule has 3 atom stereocenters. The second-order valence-corrected chi connectivity index (χ2v) is 6.53. The molecule has 0 aromatic heterocycles. The molecular formula is C19H24O5. The SMILES string of the molecule is CCOC(=O)[C@@H]1C(=O)OC(C)(C)[C@H]1[C@@H](CC)C(=O)c1ccccc1. The summed E-state index contributed by atoms with van der Waals surface area (Å²) in [7, 11) is 0. The van der Waals surface area contributed by atoms with Crippen molar-refractivity contribution in [1.29, 1.82) is 0 Å². The molecule has 1 aliphatic heterocycles. The Hall–Kier alpha value is -2.17. The molecule has 1 heterocycles. The molecule has 5 heteroatoms. The fraction of sp³-hybridized carbons (Fsp3) is 0.526. The van der Waals surface area contributed by atoms with Crippen molar-refractivity contribution in [2.45, 2.75) is 39.7 Å². The summed E-state index contributed by atoms with van der Waals surface area (Å²) in [6.45, 7) is 7.24. The van der Waals surface area contributed by atoms with Crippen LogP contribution in [0.25, 0.3) is 0 Å². The molecule has 0 unspecified atom stereocenters. The number of hydrogen-bond donors (Lipinski definition) is 0. The Kier molecular flexibility index (Phi) is 5.42. The van der Waals surface area contributed by atoms with E-state index >= 15 is 0 Å². The van der Waals surface area contributed by atoms with Crippen molar-refractivity contribution < 1.29 is 23.9 Å². The molecule has 24 heavy (non-hydrogen) atoms. The monoisotopic (exact) mass is 332 g/mol. The van der Waals surface area contributed by atoms with Gasteiger partial charge in [0.05, 0.1) is 6.61 Å². The van der Waals surface area contributed by atoms with E-state index in [9.17, 15) is 14.4 Å². The number of carbonyl (C=O) groups excluding carboxylic acids is 3. The maximum Gasteiger partial charge on any atom is 0.321 e. The Morgan fingerprint density at radius 1 is 1.21 bits per heavy atom. The van der Waals surface area contributed by atoms with Crippen LogP contribution in [0.1, 0.15) is 44.5 Å². The van der Waals surface area contributed by atoms with E-state index in [2.05, 4.69) is 0 Å². The predicted molar refractivity (Wildman–Crippen MR) is 88.3 cm³/mol. The summed E-state index contributed by atoms with van der Waals surface area (Å²) in [4.78, 5) is 37.5. The van der Waals surface area contributed by atoms with Crippen molar-refractivity contribution in [1.82, 2.24) is 0 Å². The van der Waals surface area contributed by atoms with E-state index in [1.54, 1.807) is 45.0 Å². The van der Waals surface area contributed by atoms with Gasteiger partial charge in [0.25, 0.3) is 0 Å². The molecule has 1 aromatic carbocycles. The molecule has 0 bridgehead atoms. The molecule has 2 rings (SSSR count). The molecule has 130 valence electrons. The van der Waals surface area contributed by atoms with Gasteiger partial charge in [-0.2, -0.15) is 0 Å². The highest BCUT2D eigenvalue weighted by molar-refractivity contribution is 6.01. The number of benzene rings is 1. The van der Waals surface area contributed by atoms with Gasteiger partial charge in [0.15, 0.2) is 11.7 Å². The lowest BCUT2D eigenvalue weighted by Gasteiger charge is -2.32. The minimum atomic E-state index is -1.06. The van der Waals surface area contributed by atoms with Crippen molar-refractivity contribution in [3.05, 3.63) is 35.9 Å². The highest BCUT2D eigenvalue weighted by atomic mass is 16.6. The number of cyclic esters (lactones) is 1. The number of Topliss-reactive ketones (excluding diaryl/α,β-unsaturated/α-hetero) is 1. The van der Waals surface area contributed by atoms with Crippen LogP contribution in [0.5, 0.6) is 0 Å². The minimum absolute atomic E-state index is 0.0798. The van der Waals surface area contributed by atoms with E-state index in [-0.39, 0.29) is 12.4 Å². The first-order valence-electron chi connectivity index (χ1n) is 8.32. The maximum atomic E-state index is 13.0. The fourth-order valence-electron chi connectivity index (χ4n) is 3.55. The summed E-state index contributed by atoms with van der Waals surface area (Å²) in [5.74, 6) is -3.41. The van der Waals surface area contributed by atoms with E-state index in [1.165, 1.54) is 0 Å². The van der Waals surface area contributed by atoms with E-state index < -0.39 is 35.3 Å². The van der Waals surface area contributed by atoms with Crippen molar-refractivity contribution in [2.75, 3.05) is 6.61 Å². The number of hydrogen-bond acceptors (Lipinski definition) is 5. The molecule has 0 saturated carbocycles. The molecule has 0 radical (unpaired) electrons. The van der Waals surface area contributed by atoms with Crippen LogP contribution in [-0.2, 0) is 19.1 Å². The van der Waals surface area contributed by atoms with Gasteiger partial charge in [-0.1, -0.05) is 37.3 Å². The highest BCUT2D eigenvalue weighted by Crippen LogP contribution is 2.44. The van der Waals surface area contributed by atoms with Gasteiger partial charge in [-0.15, -0.1) is 0 Å². The summed E-state index contributed by atoms with van der Waals surface area (Å²) in [6.07, 6.45) is 0.508. The van der Waals surface area contributed by atoms with Crippen molar-refractivity contribution >= 4 is 17.7 Å². The fourth-order valence-corrected chi connectivity index (χ4v) is 3.55. The number of carbonyl (C=O) groups is 3. The van der Waals surface area contributed by atoms with Gasteiger partial charge >= 0.3 is 11.9 Å². The van der Waals surface area contributed by atoms with Crippen LogP contribution in [0.4, 0.5) is 0 Å². The zero-order valence-corrected chi connectivity index (χ0v) is 14.6. The van der Waals surface area contributed by atoms with E-state index in [4.69, 9.17) is 9.47 Å². The van der Waals surface area contributed by atoms with Crippen molar-refractivity contribution in [2.24, 2.45) is 17.8 Å². The summed E-state index contributed by atoms with van der Waals surface area (Å²) < 4.78 is 10.5. The van der Waals surface area contributed by atoms with Crippen LogP contribution in [-0.4, -0.2) is 29.9 Å². The third-order valence-electron chi connectivity index (χ3n) is 4.59. The van der Waals surface area contributed by atoms with Gasteiger partial charge in [0, 0.05) is 17.4 Å². The van der Waals surface area contributed by atoms with Crippen LogP contribution in [0.15, 0.2) is 30.3 Å². The molecule has 1 aromatic rings. The lowest BCUT2D eigenvalue weighted by Crippen LogP contribution is -2.42. The average molecular weight is 332 g/mol. The molecule has 0 spiro atoms. The van der Waals surface area contributed by atoms with Gasteiger partial charge in [-0.25, -0.2) is 0 Å². The molecule has 5 nitrogen and oxygen atoms in total. The van der Waals surface area contributed by atoms with Gasteiger partial charge < -0.3 is 9.47 Å². The Bertz CT molecular complexity index is 620. The molecule has 1 saturated heterocycles. The summed E-state index contributed by atoms with van der Waals surface area (Å²) >= 11 is 0. The Morgan fingerprint density at radius 3 is 2.38 bits per heavy atom. The summed E-state index contributed by atoms with van der Waals surface area (Å²) in [6, 6.07) is 8.92. The Morgan fingerprint density at radius 2 is 1.83 bits per heavy atom. The molecule has 0 amide bonds. The second kappa shape index (κ2) is 7.16. The van der Waals surface area contributed by atoms with Gasteiger partial charge in [-0.3, -0.25) is 14.4 Å². The Balaban J connectivity index is 2.40. The zero-order valence-electron chi connectivity index (χ0n) is 14.6. The lowest BCUT2D eigenvalue weighted by atomic mass is 9.70. The van der Waals surface area contributed by atoms with E-state index in [0.29, 0.717) is 12.0 Å². The third kappa shape index (κ3) is 3.35.